The van der Waals surface area contributed by atoms with Gasteiger partial charge in [-0.3, -0.25) is 4.79 Å². The van der Waals surface area contributed by atoms with Crippen molar-refractivity contribution in [3.63, 3.8) is 0 Å². The lowest BCUT2D eigenvalue weighted by atomic mass is 10.1. The Bertz CT molecular complexity index is 706. The number of fused-ring (bicyclic) bond motifs is 1. The van der Waals surface area contributed by atoms with Gasteiger partial charge in [0.1, 0.15) is 5.82 Å². The molecule has 2 aromatic rings. The molecule has 3 rings (SSSR count). The lowest BCUT2D eigenvalue weighted by molar-refractivity contribution is 0.0600. The van der Waals surface area contributed by atoms with Gasteiger partial charge in [-0.15, -0.1) is 10.2 Å². The molecule has 1 aliphatic heterocycles. The molecule has 1 amide bonds. The highest BCUT2D eigenvalue weighted by molar-refractivity contribution is 5.96. The van der Waals surface area contributed by atoms with Gasteiger partial charge in [0.25, 0.3) is 5.91 Å². The number of hydrogen-bond donors (Lipinski definition) is 1. The Hall–Kier alpha value is -2.70. The third-order valence-electron chi connectivity index (χ3n) is 3.66. The first-order valence-corrected chi connectivity index (χ1v) is 7.06. The molecule has 114 valence electrons. The molecule has 7 nitrogen and oxygen atoms in total. The van der Waals surface area contributed by atoms with E-state index in [4.69, 9.17) is 0 Å². The van der Waals surface area contributed by atoms with Crippen molar-refractivity contribution in [3.8, 4) is 0 Å². The van der Waals surface area contributed by atoms with Crippen LogP contribution < -0.4 is 5.32 Å². The number of hydrogen-bond acceptors (Lipinski definition) is 5. The number of aryl methyl sites for hydroxylation is 1. The van der Waals surface area contributed by atoms with E-state index in [1.165, 1.54) is 7.11 Å². The van der Waals surface area contributed by atoms with E-state index in [0.717, 1.165) is 31.0 Å². The molecule has 0 bridgehead atoms. The number of rotatable bonds is 4. The Balaban J connectivity index is 1.63. The van der Waals surface area contributed by atoms with Crippen molar-refractivity contribution in [2.24, 2.45) is 0 Å². The average molecular weight is 300 g/mol. The van der Waals surface area contributed by atoms with Gasteiger partial charge < -0.3 is 14.6 Å². The highest BCUT2D eigenvalue weighted by Gasteiger charge is 2.17. The molecule has 0 fully saturated rings. The lowest BCUT2D eigenvalue weighted by Crippen LogP contribution is -2.24. The summed E-state index contributed by atoms with van der Waals surface area (Å²) in [6.45, 7) is 1.24. The third-order valence-corrected chi connectivity index (χ3v) is 3.66. The molecule has 0 saturated heterocycles. The molecule has 7 heteroatoms. The van der Waals surface area contributed by atoms with Crippen molar-refractivity contribution >= 4 is 11.9 Å². The van der Waals surface area contributed by atoms with Crippen LogP contribution in [0.15, 0.2) is 24.3 Å². The molecule has 1 aliphatic rings. The molecule has 1 aromatic carbocycles. The van der Waals surface area contributed by atoms with Gasteiger partial charge in [0, 0.05) is 18.5 Å². The van der Waals surface area contributed by atoms with Gasteiger partial charge in [-0.1, -0.05) is 0 Å². The molecular formula is C15H16N4O3. The van der Waals surface area contributed by atoms with Crippen LogP contribution in [0.2, 0.25) is 0 Å². The summed E-state index contributed by atoms with van der Waals surface area (Å²) in [6.07, 6.45) is 2.01. The average Bonchev–Trinajstić information content (AvgIpc) is 3.16. The highest BCUT2D eigenvalue weighted by Crippen LogP contribution is 2.14. The van der Waals surface area contributed by atoms with Gasteiger partial charge in [0.15, 0.2) is 5.82 Å². The summed E-state index contributed by atoms with van der Waals surface area (Å²) in [5.74, 6) is 1.11. The number of benzene rings is 1. The van der Waals surface area contributed by atoms with E-state index in [1.54, 1.807) is 24.3 Å². The summed E-state index contributed by atoms with van der Waals surface area (Å²) in [7, 11) is 1.32. The van der Waals surface area contributed by atoms with Crippen LogP contribution in [0, 0.1) is 0 Å². The third kappa shape index (κ3) is 2.69. The van der Waals surface area contributed by atoms with Crippen molar-refractivity contribution in [1.29, 1.82) is 0 Å². The molecular weight excluding hydrogens is 284 g/mol. The molecule has 0 radical (unpaired) electrons. The van der Waals surface area contributed by atoms with E-state index in [2.05, 4.69) is 20.3 Å². The quantitative estimate of drug-likeness (QED) is 0.849. The summed E-state index contributed by atoms with van der Waals surface area (Å²) in [5.41, 5.74) is 0.892. The van der Waals surface area contributed by atoms with Gasteiger partial charge in [0.2, 0.25) is 0 Å². The number of esters is 1. The van der Waals surface area contributed by atoms with Crippen molar-refractivity contribution in [1.82, 2.24) is 20.1 Å². The van der Waals surface area contributed by atoms with Gasteiger partial charge in [0.05, 0.1) is 19.2 Å². The molecule has 1 aromatic heterocycles. The second kappa shape index (κ2) is 5.97. The molecule has 2 heterocycles. The first-order valence-electron chi connectivity index (χ1n) is 7.06. The maximum absolute atomic E-state index is 12.1. The van der Waals surface area contributed by atoms with Crippen molar-refractivity contribution in [3.05, 3.63) is 47.0 Å². The fourth-order valence-electron chi connectivity index (χ4n) is 2.48. The Labute approximate surface area is 127 Å². The number of aromatic nitrogens is 3. The summed E-state index contributed by atoms with van der Waals surface area (Å²) in [6, 6.07) is 6.32. The van der Waals surface area contributed by atoms with E-state index in [-0.39, 0.29) is 5.91 Å². The number of nitrogens with zero attached hydrogens (tertiary/aromatic N) is 3. The van der Waals surface area contributed by atoms with Crippen LogP contribution in [0.25, 0.3) is 0 Å². The molecule has 0 saturated carbocycles. The minimum Gasteiger partial charge on any atom is -0.465 e. The number of nitrogens with one attached hydrogen (secondary N) is 1. The van der Waals surface area contributed by atoms with Crippen LogP contribution in [0.3, 0.4) is 0 Å². The molecule has 0 unspecified atom stereocenters. The van der Waals surface area contributed by atoms with Crippen LogP contribution in [0.5, 0.6) is 0 Å². The maximum Gasteiger partial charge on any atom is 0.337 e. The van der Waals surface area contributed by atoms with E-state index >= 15 is 0 Å². The Morgan fingerprint density at radius 1 is 1.23 bits per heavy atom. The second-order valence-electron chi connectivity index (χ2n) is 5.04. The second-order valence-corrected chi connectivity index (χ2v) is 5.04. The van der Waals surface area contributed by atoms with Crippen LogP contribution in [0.4, 0.5) is 0 Å². The van der Waals surface area contributed by atoms with E-state index in [0.29, 0.717) is 17.7 Å². The van der Waals surface area contributed by atoms with Crippen LogP contribution in [0.1, 0.15) is 38.8 Å². The Morgan fingerprint density at radius 3 is 2.68 bits per heavy atom. The number of ether oxygens (including phenoxy) is 1. The molecule has 0 aliphatic carbocycles. The zero-order valence-electron chi connectivity index (χ0n) is 12.2. The number of methoxy groups -OCH3 is 1. The zero-order valence-corrected chi connectivity index (χ0v) is 12.2. The van der Waals surface area contributed by atoms with Crippen molar-refractivity contribution in [2.45, 2.75) is 25.9 Å². The van der Waals surface area contributed by atoms with Gasteiger partial charge in [-0.05, 0) is 30.7 Å². The molecule has 1 N–H and O–H groups in total. The molecule has 0 spiro atoms. The van der Waals surface area contributed by atoms with Gasteiger partial charge >= 0.3 is 5.97 Å². The number of amides is 1. The summed E-state index contributed by atoms with van der Waals surface area (Å²) >= 11 is 0. The fraction of sp³-hybridized carbons (Fsp3) is 0.333. The van der Waals surface area contributed by atoms with Gasteiger partial charge in [-0.25, -0.2) is 4.79 Å². The normalized spacial score (nSPS) is 12.8. The largest absolute Gasteiger partial charge is 0.465 e. The zero-order chi connectivity index (χ0) is 15.5. The summed E-state index contributed by atoms with van der Waals surface area (Å²) in [5, 5.41) is 11.0. The van der Waals surface area contributed by atoms with E-state index in [1.807, 2.05) is 4.57 Å². The van der Waals surface area contributed by atoms with E-state index < -0.39 is 5.97 Å². The first-order chi connectivity index (χ1) is 10.7. The smallest absolute Gasteiger partial charge is 0.337 e. The SMILES string of the molecule is COC(=O)c1ccc(C(=O)NCc2nnc3n2CCC3)cc1. The highest BCUT2D eigenvalue weighted by atomic mass is 16.5. The van der Waals surface area contributed by atoms with Crippen molar-refractivity contribution in [2.75, 3.05) is 7.11 Å². The fourth-order valence-corrected chi connectivity index (χ4v) is 2.48. The lowest BCUT2D eigenvalue weighted by Gasteiger charge is -2.06. The predicted octanol–water partition coefficient (Wildman–Crippen LogP) is 0.941. The minimum atomic E-state index is -0.425. The summed E-state index contributed by atoms with van der Waals surface area (Å²) in [4.78, 5) is 23.4. The topological polar surface area (TPSA) is 86.1 Å². The predicted molar refractivity (Wildman–Crippen MR) is 77.3 cm³/mol. The van der Waals surface area contributed by atoms with Crippen LogP contribution in [-0.2, 0) is 24.2 Å². The Morgan fingerprint density at radius 2 is 1.95 bits per heavy atom. The molecule has 0 atom stereocenters. The Kier molecular flexibility index (Phi) is 3.86. The minimum absolute atomic E-state index is 0.216. The van der Waals surface area contributed by atoms with E-state index in [9.17, 15) is 9.59 Å². The van der Waals surface area contributed by atoms with Crippen molar-refractivity contribution < 1.29 is 14.3 Å². The van der Waals surface area contributed by atoms with Crippen LogP contribution in [-0.4, -0.2) is 33.8 Å². The maximum atomic E-state index is 12.1. The summed E-state index contributed by atoms with van der Waals surface area (Å²) < 4.78 is 6.66. The standard InChI is InChI=1S/C15H16N4O3/c1-22-15(21)11-6-4-10(5-7-11)14(20)16-9-13-18-17-12-3-2-8-19(12)13/h4-7H,2-3,8-9H2,1H3,(H,16,20). The number of carbonyl (C=O) groups excluding carboxylic acids is 2. The van der Waals surface area contributed by atoms with Crippen LogP contribution >= 0.6 is 0 Å². The first kappa shape index (κ1) is 14.2. The monoisotopic (exact) mass is 300 g/mol. The van der Waals surface area contributed by atoms with Gasteiger partial charge in [-0.2, -0.15) is 0 Å². The number of carbonyl (C=O) groups is 2. The molecule has 22 heavy (non-hydrogen) atoms.